The van der Waals surface area contributed by atoms with Gasteiger partial charge in [-0.15, -0.1) is 0 Å². The molecule has 4 rings (SSSR count). The van der Waals surface area contributed by atoms with Crippen molar-refractivity contribution < 1.29 is 4.74 Å². The number of benzene rings is 2. The van der Waals surface area contributed by atoms with Crippen LogP contribution >= 0.6 is 0 Å². The summed E-state index contributed by atoms with van der Waals surface area (Å²) in [5.74, 6) is 1.80. The van der Waals surface area contributed by atoms with Crippen molar-refractivity contribution in [3.8, 4) is 5.75 Å². The highest BCUT2D eigenvalue weighted by atomic mass is 16.5. The van der Waals surface area contributed by atoms with Crippen LogP contribution in [-0.4, -0.2) is 37.7 Å². The zero-order chi connectivity index (χ0) is 16.9. The van der Waals surface area contributed by atoms with E-state index in [0.29, 0.717) is 0 Å². The molecule has 1 aliphatic heterocycles. The lowest BCUT2D eigenvalue weighted by Gasteiger charge is -2.27. The molecule has 0 spiro atoms. The maximum absolute atomic E-state index is 5.90. The van der Waals surface area contributed by atoms with Gasteiger partial charge in [0.1, 0.15) is 5.75 Å². The molecule has 0 aromatic heterocycles. The fraction of sp³-hybridized carbons (Fsp3) is 0.455. The SMILES string of the molecule is c1cc(CN2CCNCC2)ccc1CCOc1ccc(C2CC2)cc1. The van der Waals surface area contributed by atoms with E-state index in [0.717, 1.165) is 57.4 Å². The Hall–Kier alpha value is -1.84. The van der Waals surface area contributed by atoms with Crippen LogP contribution in [0.4, 0.5) is 0 Å². The molecule has 3 heteroatoms. The summed E-state index contributed by atoms with van der Waals surface area (Å²) in [6.07, 6.45) is 3.66. The third-order valence-corrected chi connectivity index (χ3v) is 5.23. The Kier molecular flexibility index (Phi) is 5.34. The van der Waals surface area contributed by atoms with Crippen molar-refractivity contribution in [2.75, 3.05) is 32.8 Å². The Morgan fingerprint density at radius 3 is 2.24 bits per heavy atom. The highest BCUT2D eigenvalue weighted by Gasteiger charge is 2.22. The highest BCUT2D eigenvalue weighted by Crippen LogP contribution is 2.40. The molecule has 2 aliphatic rings. The van der Waals surface area contributed by atoms with Gasteiger partial charge >= 0.3 is 0 Å². The fourth-order valence-electron chi connectivity index (χ4n) is 3.48. The molecule has 25 heavy (non-hydrogen) atoms. The van der Waals surface area contributed by atoms with E-state index < -0.39 is 0 Å². The third kappa shape index (κ3) is 4.83. The first-order chi connectivity index (χ1) is 12.4. The second-order valence-corrected chi connectivity index (χ2v) is 7.28. The van der Waals surface area contributed by atoms with Crippen LogP contribution < -0.4 is 10.1 Å². The van der Waals surface area contributed by atoms with Gasteiger partial charge in [0.2, 0.25) is 0 Å². The Labute approximate surface area is 151 Å². The van der Waals surface area contributed by atoms with Gasteiger partial charge < -0.3 is 10.1 Å². The highest BCUT2D eigenvalue weighted by molar-refractivity contribution is 5.31. The average molecular weight is 336 g/mol. The molecule has 1 aliphatic carbocycles. The van der Waals surface area contributed by atoms with E-state index in [1.807, 2.05) is 0 Å². The zero-order valence-electron chi connectivity index (χ0n) is 14.9. The van der Waals surface area contributed by atoms with E-state index in [1.54, 1.807) is 0 Å². The molecule has 1 heterocycles. The van der Waals surface area contributed by atoms with Crippen LogP contribution in [0, 0.1) is 0 Å². The molecule has 2 fully saturated rings. The Balaban J connectivity index is 1.22. The van der Waals surface area contributed by atoms with Gasteiger partial charge in [-0.3, -0.25) is 4.90 Å². The second kappa shape index (κ2) is 8.03. The lowest BCUT2D eigenvalue weighted by molar-refractivity contribution is 0.233. The largest absolute Gasteiger partial charge is 0.493 e. The summed E-state index contributed by atoms with van der Waals surface area (Å²) in [6, 6.07) is 17.7. The smallest absolute Gasteiger partial charge is 0.119 e. The molecule has 1 saturated heterocycles. The van der Waals surface area contributed by atoms with Gasteiger partial charge in [0.15, 0.2) is 0 Å². The molecule has 1 saturated carbocycles. The first kappa shape index (κ1) is 16.6. The van der Waals surface area contributed by atoms with E-state index in [9.17, 15) is 0 Å². The summed E-state index contributed by atoms with van der Waals surface area (Å²) in [7, 11) is 0. The van der Waals surface area contributed by atoms with E-state index in [4.69, 9.17) is 4.74 Å². The molecule has 2 aromatic rings. The molecular weight excluding hydrogens is 308 g/mol. The summed E-state index contributed by atoms with van der Waals surface area (Å²) in [6.45, 7) is 6.31. The van der Waals surface area contributed by atoms with E-state index in [-0.39, 0.29) is 0 Å². The standard InChI is InChI=1S/C22H28N2O/c1-3-19(17-24-14-12-23-13-15-24)4-2-18(1)11-16-25-22-9-7-21(8-10-22)20-5-6-20/h1-4,7-10,20,23H,5-6,11-17H2. The van der Waals surface area contributed by atoms with Gasteiger partial charge in [-0.25, -0.2) is 0 Å². The number of nitrogens with one attached hydrogen (secondary N) is 1. The zero-order valence-corrected chi connectivity index (χ0v) is 14.9. The van der Waals surface area contributed by atoms with Gasteiger partial charge in [-0.05, 0) is 47.6 Å². The van der Waals surface area contributed by atoms with Crippen LogP contribution in [0.3, 0.4) is 0 Å². The Morgan fingerprint density at radius 1 is 0.880 bits per heavy atom. The normalized spacial score (nSPS) is 18.2. The van der Waals surface area contributed by atoms with Gasteiger partial charge in [-0.2, -0.15) is 0 Å². The molecule has 1 N–H and O–H groups in total. The molecule has 0 unspecified atom stereocenters. The van der Waals surface area contributed by atoms with Crippen molar-refractivity contribution in [1.29, 1.82) is 0 Å². The summed E-state index contributed by atoms with van der Waals surface area (Å²) < 4.78 is 5.90. The Bertz CT molecular complexity index is 655. The van der Waals surface area contributed by atoms with Crippen LogP contribution in [0.1, 0.15) is 35.4 Å². The number of piperazine rings is 1. The van der Waals surface area contributed by atoms with Crippen molar-refractivity contribution in [2.24, 2.45) is 0 Å². The third-order valence-electron chi connectivity index (χ3n) is 5.23. The Morgan fingerprint density at radius 2 is 1.56 bits per heavy atom. The van der Waals surface area contributed by atoms with Gasteiger partial charge in [0, 0.05) is 39.1 Å². The summed E-state index contributed by atoms with van der Waals surface area (Å²) in [5.41, 5.74) is 4.22. The minimum atomic E-state index is 0.736. The molecule has 3 nitrogen and oxygen atoms in total. The molecular formula is C22H28N2O. The van der Waals surface area contributed by atoms with Crippen LogP contribution in [0.15, 0.2) is 48.5 Å². The number of hydrogen-bond acceptors (Lipinski definition) is 3. The van der Waals surface area contributed by atoms with Gasteiger partial charge in [-0.1, -0.05) is 36.4 Å². The number of hydrogen-bond donors (Lipinski definition) is 1. The van der Waals surface area contributed by atoms with E-state index >= 15 is 0 Å². The van der Waals surface area contributed by atoms with Crippen molar-refractivity contribution in [1.82, 2.24) is 10.2 Å². The van der Waals surface area contributed by atoms with Crippen molar-refractivity contribution in [3.05, 3.63) is 65.2 Å². The quantitative estimate of drug-likeness (QED) is 0.836. The number of ether oxygens (including phenoxy) is 1. The molecule has 0 atom stereocenters. The molecule has 0 amide bonds. The summed E-state index contributed by atoms with van der Waals surface area (Å²) in [4.78, 5) is 2.51. The fourth-order valence-corrected chi connectivity index (χ4v) is 3.48. The lowest BCUT2D eigenvalue weighted by Crippen LogP contribution is -2.42. The molecule has 2 aromatic carbocycles. The monoisotopic (exact) mass is 336 g/mol. The molecule has 0 radical (unpaired) electrons. The average Bonchev–Trinajstić information content (AvgIpc) is 3.50. The maximum atomic E-state index is 5.90. The maximum Gasteiger partial charge on any atom is 0.119 e. The van der Waals surface area contributed by atoms with E-state index in [1.165, 1.54) is 29.5 Å². The molecule has 132 valence electrons. The van der Waals surface area contributed by atoms with Crippen molar-refractivity contribution >= 4 is 0 Å². The lowest BCUT2D eigenvalue weighted by atomic mass is 10.1. The predicted molar refractivity (Wildman–Crippen MR) is 102 cm³/mol. The van der Waals surface area contributed by atoms with Crippen molar-refractivity contribution in [3.63, 3.8) is 0 Å². The summed E-state index contributed by atoms with van der Waals surface area (Å²) >= 11 is 0. The number of nitrogens with zero attached hydrogens (tertiary/aromatic N) is 1. The summed E-state index contributed by atoms with van der Waals surface area (Å²) in [5, 5.41) is 3.40. The second-order valence-electron chi connectivity index (χ2n) is 7.28. The predicted octanol–water partition coefficient (Wildman–Crippen LogP) is 3.59. The minimum Gasteiger partial charge on any atom is -0.493 e. The first-order valence-electron chi connectivity index (χ1n) is 9.60. The van der Waals surface area contributed by atoms with Crippen LogP contribution in [0.5, 0.6) is 5.75 Å². The molecule has 0 bridgehead atoms. The van der Waals surface area contributed by atoms with Gasteiger partial charge in [0.05, 0.1) is 6.61 Å². The van der Waals surface area contributed by atoms with Crippen LogP contribution in [0.2, 0.25) is 0 Å². The van der Waals surface area contributed by atoms with Gasteiger partial charge in [0.25, 0.3) is 0 Å². The van der Waals surface area contributed by atoms with Crippen molar-refractivity contribution in [2.45, 2.75) is 31.7 Å². The van der Waals surface area contributed by atoms with Crippen LogP contribution in [0.25, 0.3) is 0 Å². The minimum absolute atomic E-state index is 0.736. The number of rotatable bonds is 7. The van der Waals surface area contributed by atoms with Crippen LogP contribution in [-0.2, 0) is 13.0 Å². The first-order valence-corrected chi connectivity index (χ1v) is 9.60. The van der Waals surface area contributed by atoms with E-state index in [2.05, 4.69) is 58.7 Å². The topological polar surface area (TPSA) is 24.5 Å².